The molecular weight excluding hydrogens is 192 g/mol. The van der Waals surface area contributed by atoms with Crippen molar-refractivity contribution in [2.75, 3.05) is 19.7 Å². The van der Waals surface area contributed by atoms with Gasteiger partial charge < -0.3 is 15.4 Å². The highest BCUT2D eigenvalue weighted by Crippen LogP contribution is 2.13. The molecule has 0 bridgehead atoms. The Bertz CT molecular complexity index is 209. The first-order valence-electron chi connectivity index (χ1n) is 5.99. The Balaban J connectivity index is 1.74. The summed E-state index contributed by atoms with van der Waals surface area (Å²) in [6.07, 6.45) is 5.13. The number of piperidine rings is 1. The highest BCUT2D eigenvalue weighted by Gasteiger charge is 2.24. The fourth-order valence-corrected chi connectivity index (χ4v) is 2.22. The number of ether oxygens (including phenoxy) is 1. The van der Waals surface area contributed by atoms with Crippen molar-refractivity contribution in [2.45, 2.75) is 44.2 Å². The predicted octanol–water partition coefficient (Wildman–Crippen LogP) is 0.424. The van der Waals surface area contributed by atoms with Gasteiger partial charge in [-0.2, -0.15) is 0 Å². The van der Waals surface area contributed by atoms with Crippen LogP contribution in [0.5, 0.6) is 0 Å². The summed E-state index contributed by atoms with van der Waals surface area (Å²) in [5.74, 6) is 0.0865. The predicted molar refractivity (Wildman–Crippen MR) is 57.6 cm³/mol. The van der Waals surface area contributed by atoms with Crippen LogP contribution in [-0.4, -0.2) is 37.7 Å². The zero-order chi connectivity index (χ0) is 10.5. The van der Waals surface area contributed by atoms with Crippen molar-refractivity contribution >= 4 is 5.91 Å². The second-order valence-electron chi connectivity index (χ2n) is 4.41. The van der Waals surface area contributed by atoms with Crippen molar-refractivity contribution in [2.24, 2.45) is 0 Å². The van der Waals surface area contributed by atoms with E-state index in [1.807, 2.05) is 0 Å². The van der Waals surface area contributed by atoms with E-state index in [-0.39, 0.29) is 12.0 Å². The van der Waals surface area contributed by atoms with E-state index in [9.17, 15) is 4.79 Å². The molecule has 1 amide bonds. The molecule has 0 aromatic rings. The maximum Gasteiger partial charge on any atom is 0.249 e. The second-order valence-corrected chi connectivity index (χ2v) is 4.41. The maximum absolute atomic E-state index is 11.8. The summed E-state index contributed by atoms with van der Waals surface area (Å²) in [6, 6.07) is 0.303. The standard InChI is InChI=1S/C11H20N2O2/c14-11(10-5-1-2-7-15-10)13-9-4-3-6-12-8-9/h9-10,12H,1-8H2,(H,13,14)/t9-,10?/m1/s1. The minimum atomic E-state index is -0.194. The van der Waals surface area contributed by atoms with Crippen molar-refractivity contribution in [3.8, 4) is 0 Å². The molecule has 2 N–H and O–H groups in total. The molecule has 2 atom stereocenters. The molecular formula is C11H20N2O2. The van der Waals surface area contributed by atoms with Gasteiger partial charge in [0.2, 0.25) is 5.91 Å². The molecule has 1 unspecified atom stereocenters. The lowest BCUT2D eigenvalue weighted by Crippen LogP contribution is -2.49. The Kier molecular flexibility index (Phi) is 3.97. The van der Waals surface area contributed by atoms with Crippen LogP contribution in [0.3, 0.4) is 0 Å². The highest BCUT2D eigenvalue weighted by molar-refractivity contribution is 5.81. The molecule has 2 fully saturated rings. The molecule has 2 aliphatic rings. The summed E-state index contributed by atoms with van der Waals surface area (Å²) < 4.78 is 5.45. The van der Waals surface area contributed by atoms with Crippen LogP contribution in [0.1, 0.15) is 32.1 Å². The van der Waals surface area contributed by atoms with Crippen molar-refractivity contribution in [3.05, 3.63) is 0 Å². The fourth-order valence-electron chi connectivity index (χ4n) is 2.22. The lowest BCUT2D eigenvalue weighted by molar-refractivity contribution is -0.136. The summed E-state index contributed by atoms with van der Waals surface area (Å²) in [6.45, 7) is 2.71. The van der Waals surface area contributed by atoms with Gasteiger partial charge in [-0.3, -0.25) is 4.79 Å². The Labute approximate surface area is 90.8 Å². The molecule has 0 saturated carbocycles. The number of nitrogens with one attached hydrogen (secondary N) is 2. The fraction of sp³-hybridized carbons (Fsp3) is 0.909. The lowest BCUT2D eigenvalue weighted by Gasteiger charge is -2.27. The third-order valence-corrected chi connectivity index (χ3v) is 3.12. The zero-order valence-electron chi connectivity index (χ0n) is 9.13. The lowest BCUT2D eigenvalue weighted by atomic mass is 10.1. The number of amides is 1. The van der Waals surface area contributed by atoms with Gasteiger partial charge in [-0.05, 0) is 38.6 Å². The molecule has 86 valence electrons. The first kappa shape index (κ1) is 10.9. The summed E-state index contributed by atoms with van der Waals surface area (Å²) in [5, 5.41) is 6.35. The quantitative estimate of drug-likeness (QED) is 0.697. The van der Waals surface area contributed by atoms with Crippen molar-refractivity contribution < 1.29 is 9.53 Å². The SMILES string of the molecule is O=C(N[C@@H]1CCCNC1)C1CCCCO1. The molecule has 0 aliphatic carbocycles. The third kappa shape index (κ3) is 3.18. The molecule has 2 heterocycles. The van der Waals surface area contributed by atoms with E-state index in [2.05, 4.69) is 10.6 Å². The van der Waals surface area contributed by atoms with Gasteiger partial charge in [0.1, 0.15) is 6.10 Å². The largest absolute Gasteiger partial charge is 0.368 e. The molecule has 0 radical (unpaired) electrons. The van der Waals surface area contributed by atoms with E-state index in [0.29, 0.717) is 6.04 Å². The monoisotopic (exact) mass is 212 g/mol. The summed E-state index contributed by atoms with van der Waals surface area (Å²) >= 11 is 0. The van der Waals surface area contributed by atoms with Gasteiger partial charge in [0, 0.05) is 19.2 Å². The van der Waals surface area contributed by atoms with Gasteiger partial charge in [0.05, 0.1) is 0 Å². The van der Waals surface area contributed by atoms with E-state index < -0.39 is 0 Å². The van der Waals surface area contributed by atoms with Gasteiger partial charge in [-0.1, -0.05) is 0 Å². The minimum absolute atomic E-state index is 0.0865. The Hall–Kier alpha value is -0.610. The van der Waals surface area contributed by atoms with Crippen molar-refractivity contribution in [3.63, 3.8) is 0 Å². The van der Waals surface area contributed by atoms with E-state index in [1.54, 1.807) is 0 Å². The normalized spacial score (nSPS) is 32.3. The molecule has 2 saturated heterocycles. The second kappa shape index (κ2) is 5.47. The summed E-state index contributed by atoms with van der Waals surface area (Å²) in [5.41, 5.74) is 0. The Morgan fingerprint density at radius 2 is 2.20 bits per heavy atom. The number of hydrogen-bond acceptors (Lipinski definition) is 3. The van der Waals surface area contributed by atoms with Crippen LogP contribution < -0.4 is 10.6 Å². The van der Waals surface area contributed by atoms with E-state index in [0.717, 1.165) is 51.8 Å². The van der Waals surface area contributed by atoms with E-state index in [1.165, 1.54) is 0 Å². The van der Waals surface area contributed by atoms with Crippen LogP contribution in [0.15, 0.2) is 0 Å². The van der Waals surface area contributed by atoms with Crippen LogP contribution in [0.2, 0.25) is 0 Å². The highest BCUT2D eigenvalue weighted by atomic mass is 16.5. The maximum atomic E-state index is 11.8. The minimum Gasteiger partial charge on any atom is -0.368 e. The molecule has 4 nitrogen and oxygen atoms in total. The first-order valence-corrected chi connectivity index (χ1v) is 5.99. The van der Waals surface area contributed by atoms with Gasteiger partial charge in [-0.15, -0.1) is 0 Å². The van der Waals surface area contributed by atoms with Crippen LogP contribution in [0.25, 0.3) is 0 Å². The zero-order valence-corrected chi connectivity index (χ0v) is 9.13. The molecule has 0 aromatic heterocycles. The van der Waals surface area contributed by atoms with Crippen LogP contribution in [-0.2, 0) is 9.53 Å². The number of carbonyl (C=O) groups excluding carboxylic acids is 1. The van der Waals surface area contributed by atoms with Crippen LogP contribution in [0, 0.1) is 0 Å². The Morgan fingerprint density at radius 3 is 2.87 bits per heavy atom. The van der Waals surface area contributed by atoms with Crippen LogP contribution >= 0.6 is 0 Å². The molecule has 2 aliphatic heterocycles. The average molecular weight is 212 g/mol. The first-order chi connectivity index (χ1) is 7.36. The molecule has 0 aromatic carbocycles. The average Bonchev–Trinajstić information content (AvgIpc) is 2.31. The number of rotatable bonds is 2. The topological polar surface area (TPSA) is 50.4 Å². The summed E-state index contributed by atoms with van der Waals surface area (Å²) in [4.78, 5) is 11.8. The number of hydrogen-bond donors (Lipinski definition) is 2. The third-order valence-electron chi connectivity index (χ3n) is 3.12. The van der Waals surface area contributed by atoms with Crippen molar-refractivity contribution in [1.29, 1.82) is 0 Å². The molecule has 0 spiro atoms. The molecule has 4 heteroatoms. The van der Waals surface area contributed by atoms with Crippen LogP contribution in [0.4, 0.5) is 0 Å². The Morgan fingerprint density at radius 1 is 1.27 bits per heavy atom. The smallest absolute Gasteiger partial charge is 0.249 e. The van der Waals surface area contributed by atoms with Crippen molar-refractivity contribution in [1.82, 2.24) is 10.6 Å². The summed E-state index contributed by atoms with van der Waals surface area (Å²) in [7, 11) is 0. The van der Waals surface area contributed by atoms with Gasteiger partial charge in [-0.25, -0.2) is 0 Å². The van der Waals surface area contributed by atoms with E-state index >= 15 is 0 Å². The van der Waals surface area contributed by atoms with E-state index in [4.69, 9.17) is 4.74 Å². The number of carbonyl (C=O) groups is 1. The van der Waals surface area contributed by atoms with Gasteiger partial charge >= 0.3 is 0 Å². The van der Waals surface area contributed by atoms with Gasteiger partial charge in [0.25, 0.3) is 0 Å². The van der Waals surface area contributed by atoms with Gasteiger partial charge in [0.15, 0.2) is 0 Å². The molecule has 15 heavy (non-hydrogen) atoms. The molecule has 2 rings (SSSR count).